The van der Waals surface area contributed by atoms with E-state index in [1.807, 2.05) is 16.8 Å². The number of fused-ring (bicyclic) bond motifs is 1. The third-order valence-corrected chi connectivity index (χ3v) is 8.57. The number of hydrogen-bond donors (Lipinski definition) is 2. The van der Waals surface area contributed by atoms with Gasteiger partial charge >= 0.3 is 0 Å². The molecule has 3 N–H and O–H groups in total. The van der Waals surface area contributed by atoms with Gasteiger partial charge in [-0.3, -0.25) is 0 Å². The fraction of sp³-hybridized carbons (Fsp3) is 0.448. The Hall–Kier alpha value is -3.83. The topological polar surface area (TPSA) is 121 Å². The lowest BCUT2D eigenvalue weighted by atomic mass is 9.95. The van der Waals surface area contributed by atoms with Crippen molar-refractivity contribution in [3.63, 3.8) is 0 Å². The molecule has 216 valence electrons. The van der Waals surface area contributed by atoms with E-state index in [9.17, 15) is 5.11 Å². The molecule has 2 fully saturated rings. The van der Waals surface area contributed by atoms with Crippen molar-refractivity contribution in [1.82, 2.24) is 24.3 Å². The van der Waals surface area contributed by atoms with Gasteiger partial charge < -0.3 is 34.7 Å². The number of rotatable bonds is 7. The van der Waals surface area contributed by atoms with Gasteiger partial charge in [0.2, 0.25) is 17.8 Å². The van der Waals surface area contributed by atoms with Gasteiger partial charge in [-0.2, -0.15) is 15.0 Å². The number of aliphatic hydroxyl groups excluding tert-OH is 1. The zero-order valence-electron chi connectivity index (χ0n) is 23.7. The van der Waals surface area contributed by atoms with Crippen molar-refractivity contribution in [3.05, 3.63) is 47.2 Å². The molecule has 2 saturated heterocycles. The first-order valence-electron chi connectivity index (χ1n) is 14.1. The van der Waals surface area contributed by atoms with Crippen molar-refractivity contribution < 1.29 is 9.84 Å². The van der Waals surface area contributed by atoms with Gasteiger partial charge in [0.15, 0.2) is 0 Å². The highest BCUT2D eigenvalue weighted by molar-refractivity contribution is 6.32. The molecule has 6 rings (SSSR count). The Morgan fingerprint density at radius 1 is 1.00 bits per heavy atom. The monoisotopic (exact) mass is 577 g/mol. The molecule has 1 aromatic carbocycles. The maximum atomic E-state index is 9.93. The van der Waals surface area contributed by atoms with Gasteiger partial charge in [0.1, 0.15) is 11.4 Å². The molecule has 0 spiro atoms. The minimum atomic E-state index is -0.142. The molecule has 4 aromatic rings. The first-order chi connectivity index (χ1) is 19.8. The van der Waals surface area contributed by atoms with Crippen LogP contribution >= 0.6 is 11.6 Å². The van der Waals surface area contributed by atoms with E-state index in [2.05, 4.69) is 50.6 Å². The van der Waals surface area contributed by atoms with Crippen LogP contribution in [0.3, 0.4) is 0 Å². The number of ether oxygens (including phenoxy) is 1. The maximum absolute atomic E-state index is 9.93. The first-order valence-corrected chi connectivity index (χ1v) is 14.4. The standard InChI is InChI=1S/C29H36ClN9O2/c1-18(2)19-4-6-39(15-19)29-34-27(31)33-28(35-29)37-10-8-36(9-11-37)21-5-7-38-16-24(32-26(38)13-21)22-14-23(30)25(41-3)12-20(22)17-40/h5,7,12-14,16,18-19,40H,4,6,8-11,15,17H2,1-3H3,(H2,31,33,34,35). The number of benzene rings is 1. The van der Waals surface area contributed by atoms with Crippen LogP contribution in [-0.2, 0) is 6.61 Å². The summed E-state index contributed by atoms with van der Waals surface area (Å²) in [6.07, 6.45) is 5.10. The normalized spacial score (nSPS) is 17.7. The van der Waals surface area contributed by atoms with Gasteiger partial charge in [0.05, 0.1) is 24.4 Å². The molecule has 0 amide bonds. The SMILES string of the molecule is COc1cc(CO)c(-c2cn3ccc(N4CCN(c5nc(N)nc(N6CCC(C(C)C)C6)n5)CC4)cc3n2)cc1Cl. The fourth-order valence-corrected chi connectivity index (χ4v) is 5.99. The number of piperazine rings is 1. The summed E-state index contributed by atoms with van der Waals surface area (Å²) < 4.78 is 7.28. The smallest absolute Gasteiger partial charge is 0.232 e. The van der Waals surface area contributed by atoms with Crippen LogP contribution in [0.2, 0.25) is 5.02 Å². The zero-order valence-corrected chi connectivity index (χ0v) is 24.4. The summed E-state index contributed by atoms with van der Waals surface area (Å²) in [5.41, 5.74) is 10.3. The average molecular weight is 578 g/mol. The highest BCUT2D eigenvalue weighted by Crippen LogP contribution is 2.34. The molecular formula is C29H36ClN9O2. The predicted octanol–water partition coefficient (Wildman–Crippen LogP) is 3.73. The summed E-state index contributed by atoms with van der Waals surface area (Å²) in [6, 6.07) is 7.73. The zero-order chi connectivity index (χ0) is 28.7. The van der Waals surface area contributed by atoms with Crippen molar-refractivity contribution >= 4 is 40.8 Å². The molecule has 0 saturated carbocycles. The summed E-state index contributed by atoms with van der Waals surface area (Å²) in [4.78, 5) is 25.4. The van der Waals surface area contributed by atoms with Gasteiger partial charge in [-0.1, -0.05) is 25.4 Å². The summed E-state index contributed by atoms with van der Waals surface area (Å²) in [5, 5.41) is 10.4. The van der Waals surface area contributed by atoms with Crippen LogP contribution in [0.25, 0.3) is 16.9 Å². The molecular weight excluding hydrogens is 542 g/mol. The van der Waals surface area contributed by atoms with Crippen molar-refractivity contribution in [3.8, 4) is 17.0 Å². The van der Waals surface area contributed by atoms with Crippen LogP contribution in [0.1, 0.15) is 25.8 Å². The molecule has 0 radical (unpaired) electrons. The van der Waals surface area contributed by atoms with Gasteiger partial charge in [-0.25, -0.2) is 4.98 Å². The third kappa shape index (κ3) is 5.43. The van der Waals surface area contributed by atoms with E-state index in [-0.39, 0.29) is 12.6 Å². The first kappa shape index (κ1) is 27.3. The third-order valence-electron chi connectivity index (χ3n) is 8.27. The van der Waals surface area contributed by atoms with E-state index in [4.69, 9.17) is 32.0 Å². The lowest BCUT2D eigenvalue weighted by Gasteiger charge is -2.36. The lowest BCUT2D eigenvalue weighted by Crippen LogP contribution is -2.47. The Balaban J connectivity index is 1.17. The quantitative estimate of drug-likeness (QED) is 0.336. The predicted molar refractivity (Wildman–Crippen MR) is 162 cm³/mol. The molecule has 2 aliphatic rings. The number of anilines is 4. The minimum absolute atomic E-state index is 0.142. The highest BCUT2D eigenvalue weighted by atomic mass is 35.5. The van der Waals surface area contributed by atoms with Crippen molar-refractivity contribution in [1.29, 1.82) is 0 Å². The van der Waals surface area contributed by atoms with Crippen LogP contribution in [-0.4, -0.2) is 75.8 Å². The Kier molecular flexibility index (Phi) is 7.48. The lowest BCUT2D eigenvalue weighted by molar-refractivity contribution is 0.281. The van der Waals surface area contributed by atoms with Gasteiger partial charge in [0, 0.05) is 69.0 Å². The van der Waals surface area contributed by atoms with Gasteiger partial charge in [-0.05, 0) is 42.0 Å². The molecule has 5 heterocycles. The Morgan fingerprint density at radius 2 is 1.73 bits per heavy atom. The second-order valence-electron chi connectivity index (χ2n) is 11.1. The van der Waals surface area contributed by atoms with E-state index in [0.717, 1.165) is 68.3 Å². The van der Waals surface area contributed by atoms with Crippen LogP contribution in [0, 0.1) is 11.8 Å². The molecule has 1 unspecified atom stereocenters. The second kappa shape index (κ2) is 11.2. The molecule has 1 atom stereocenters. The molecule has 41 heavy (non-hydrogen) atoms. The number of nitrogen functional groups attached to an aromatic ring is 1. The number of aromatic nitrogens is 5. The molecule has 3 aromatic heterocycles. The second-order valence-corrected chi connectivity index (χ2v) is 11.5. The molecule has 11 nitrogen and oxygen atoms in total. The summed E-state index contributed by atoms with van der Waals surface area (Å²) >= 11 is 6.38. The molecule has 0 bridgehead atoms. The number of nitrogens with two attached hydrogens (primary N) is 1. The number of imidazole rings is 1. The van der Waals surface area contributed by atoms with E-state index >= 15 is 0 Å². The number of nitrogens with zero attached hydrogens (tertiary/aromatic N) is 8. The van der Waals surface area contributed by atoms with Gasteiger partial charge in [0.25, 0.3) is 0 Å². The van der Waals surface area contributed by atoms with Crippen LogP contribution < -0.4 is 25.2 Å². The van der Waals surface area contributed by atoms with E-state index in [1.54, 1.807) is 19.2 Å². The number of pyridine rings is 1. The minimum Gasteiger partial charge on any atom is -0.495 e. The van der Waals surface area contributed by atoms with Crippen molar-refractivity contribution in [2.75, 3.05) is 66.8 Å². The Labute approximate surface area is 244 Å². The van der Waals surface area contributed by atoms with Gasteiger partial charge in [-0.15, -0.1) is 0 Å². The Morgan fingerprint density at radius 3 is 2.41 bits per heavy atom. The molecule has 12 heteroatoms. The fourth-order valence-electron chi connectivity index (χ4n) is 5.75. The number of hydrogen-bond acceptors (Lipinski definition) is 10. The maximum Gasteiger partial charge on any atom is 0.232 e. The van der Waals surface area contributed by atoms with E-state index in [0.29, 0.717) is 40.1 Å². The largest absolute Gasteiger partial charge is 0.495 e. The summed E-state index contributed by atoms with van der Waals surface area (Å²) in [7, 11) is 1.56. The molecule has 0 aliphatic carbocycles. The Bertz CT molecular complexity index is 1550. The average Bonchev–Trinajstić information content (AvgIpc) is 3.64. The number of methoxy groups -OCH3 is 1. The van der Waals surface area contributed by atoms with Crippen LogP contribution in [0.5, 0.6) is 5.75 Å². The highest BCUT2D eigenvalue weighted by Gasteiger charge is 2.28. The van der Waals surface area contributed by atoms with E-state index < -0.39 is 0 Å². The van der Waals surface area contributed by atoms with Crippen LogP contribution in [0.15, 0.2) is 36.7 Å². The number of halogens is 1. The van der Waals surface area contributed by atoms with E-state index in [1.165, 1.54) is 0 Å². The number of aliphatic hydroxyl groups is 1. The van der Waals surface area contributed by atoms with Crippen molar-refractivity contribution in [2.24, 2.45) is 11.8 Å². The summed E-state index contributed by atoms with van der Waals surface area (Å²) in [5.74, 6) is 3.40. The summed E-state index contributed by atoms with van der Waals surface area (Å²) in [6.45, 7) is 9.47. The molecule has 2 aliphatic heterocycles. The van der Waals surface area contributed by atoms with Crippen molar-refractivity contribution in [2.45, 2.75) is 26.9 Å². The van der Waals surface area contributed by atoms with Crippen LogP contribution in [0.4, 0.5) is 23.5 Å².